The number of carbonyl (C=O) groups is 1. The Hall–Kier alpha value is -3.35. The predicted molar refractivity (Wildman–Crippen MR) is 136 cm³/mol. The first-order valence-electron chi connectivity index (χ1n) is 12.1. The summed E-state index contributed by atoms with van der Waals surface area (Å²) >= 11 is 0. The van der Waals surface area contributed by atoms with Crippen LogP contribution in [-0.2, 0) is 25.4 Å². The molecule has 2 saturated heterocycles. The molecule has 4 rings (SSSR count). The molecule has 12 heteroatoms. The number of carbonyl (C=O) groups excluding carboxylic acids is 1. The van der Waals surface area contributed by atoms with Crippen molar-refractivity contribution in [2.45, 2.75) is 56.9 Å². The van der Waals surface area contributed by atoms with E-state index in [1.54, 1.807) is 4.90 Å². The van der Waals surface area contributed by atoms with E-state index >= 15 is 0 Å². The number of fused-ring (bicyclic) bond motifs is 2. The first-order chi connectivity index (χ1) is 17.1. The van der Waals surface area contributed by atoms with Gasteiger partial charge in [0, 0.05) is 37.3 Å². The number of aromatic amines is 1. The van der Waals surface area contributed by atoms with Gasteiger partial charge in [-0.15, -0.1) is 0 Å². The second kappa shape index (κ2) is 10.7. The summed E-state index contributed by atoms with van der Waals surface area (Å²) in [4.78, 5) is 21.7. The maximum Gasteiger partial charge on any atom is 0.222 e. The number of nitrogens with one attached hydrogen (secondary N) is 3. The van der Waals surface area contributed by atoms with Crippen LogP contribution < -0.4 is 22.5 Å². The highest BCUT2D eigenvalue weighted by Crippen LogP contribution is 2.40. The number of aliphatic imine (C=N–C) groups is 1. The van der Waals surface area contributed by atoms with Crippen LogP contribution in [0.4, 0.5) is 0 Å². The number of para-hydroxylation sites is 1. The summed E-state index contributed by atoms with van der Waals surface area (Å²) in [7, 11) is 0. The molecular weight excluding hydrogens is 464 g/mol. The average molecular weight is 501 g/mol. The highest BCUT2D eigenvalue weighted by atomic mass is 16.8. The lowest BCUT2D eigenvalue weighted by molar-refractivity contribution is -0.188. The number of H-pyrrole nitrogens is 1. The second-order valence-corrected chi connectivity index (χ2v) is 9.60. The summed E-state index contributed by atoms with van der Waals surface area (Å²) in [6, 6.07) is 10.2. The van der Waals surface area contributed by atoms with Crippen molar-refractivity contribution >= 4 is 28.7 Å². The molecule has 0 spiro atoms. The molecular formula is C24H36N8O4. The van der Waals surface area contributed by atoms with E-state index in [9.17, 15) is 4.79 Å². The van der Waals surface area contributed by atoms with E-state index < -0.39 is 30.2 Å². The van der Waals surface area contributed by atoms with Crippen molar-refractivity contribution in [3.05, 3.63) is 36.0 Å². The van der Waals surface area contributed by atoms with E-state index in [1.807, 2.05) is 32.0 Å². The number of rotatable bonds is 10. The van der Waals surface area contributed by atoms with Crippen LogP contribution in [0.2, 0.25) is 0 Å². The molecule has 3 heterocycles. The minimum atomic E-state index is -0.805. The van der Waals surface area contributed by atoms with E-state index in [0.29, 0.717) is 19.5 Å². The van der Waals surface area contributed by atoms with E-state index in [2.05, 4.69) is 27.4 Å². The summed E-state index contributed by atoms with van der Waals surface area (Å²) in [5.41, 5.74) is 18.7. The Morgan fingerprint density at radius 3 is 2.61 bits per heavy atom. The Bertz CT molecular complexity index is 1080. The van der Waals surface area contributed by atoms with Crippen LogP contribution in [0.3, 0.4) is 0 Å². The van der Waals surface area contributed by atoms with Gasteiger partial charge < -0.3 is 46.6 Å². The predicted octanol–water partition coefficient (Wildman–Crippen LogP) is -0.0269. The third-order valence-electron chi connectivity index (χ3n) is 6.34. The second-order valence-electron chi connectivity index (χ2n) is 9.60. The number of hydrogen-bond donors (Lipinski definition) is 6. The number of ether oxygens (including phenoxy) is 3. The van der Waals surface area contributed by atoms with Gasteiger partial charge in [0.25, 0.3) is 0 Å². The molecule has 1 amide bonds. The largest absolute Gasteiger partial charge is 0.370 e. The quantitative estimate of drug-likeness (QED) is 0.194. The molecule has 0 saturated carbocycles. The minimum Gasteiger partial charge on any atom is -0.370 e. The van der Waals surface area contributed by atoms with Crippen molar-refractivity contribution < 1.29 is 19.0 Å². The molecule has 9 N–H and O–H groups in total. The van der Waals surface area contributed by atoms with Gasteiger partial charge in [0.05, 0.1) is 19.1 Å². The molecule has 0 aliphatic carbocycles. The van der Waals surface area contributed by atoms with Gasteiger partial charge in [-0.05, 0) is 31.4 Å². The average Bonchev–Trinajstić information content (AvgIpc) is 3.44. The lowest BCUT2D eigenvalue weighted by atomic mass is 10.0. The number of guanidine groups is 2. The van der Waals surface area contributed by atoms with Crippen molar-refractivity contribution in [1.29, 1.82) is 5.41 Å². The summed E-state index contributed by atoms with van der Waals surface area (Å²) in [5.74, 6) is -1.08. The van der Waals surface area contributed by atoms with Gasteiger partial charge >= 0.3 is 0 Å². The van der Waals surface area contributed by atoms with Gasteiger partial charge in [0.15, 0.2) is 17.7 Å². The van der Waals surface area contributed by atoms with Crippen molar-refractivity contribution in [2.75, 3.05) is 26.2 Å². The van der Waals surface area contributed by atoms with Crippen molar-refractivity contribution in [2.24, 2.45) is 22.2 Å². The Balaban J connectivity index is 1.33. The number of benzene rings is 1. The zero-order chi connectivity index (χ0) is 25.9. The smallest absolute Gasteiger partial charge is 0.222 e. The molecule has 2 aliphatic rings. The zero-order valence-corrected chi connectivity index (χ0v) is 20.7. The van der Waals surface area contributed by atoms with E-state index in [0.717, 1.165) is 16.6 Å². The van der Waals surface area contributed by atoms with Gasteiger partial charge in [-0.1, -0.05) is 18.2 Å². The van der Waals surface area contributed by atoms with Crippen LogP contribution in [0, 0.1) is 5.41 Å². The maximum absolute atomic E-state index is 12.8. The fourth-order valence-electron chi connectivity index (χ4n) is 4.77. The third kappa shape index (κ3) is 6.25. The number of nitrogens with zero attached hydrogens (tertiary/aromatic N) is 2. The fraction of sp³-hybridized carbons (Fsp3) is 0.542. The summed E-state index contributed by atoms with van der Waals surface area (Å²) < 4.78 is 18.4. The third-order valence-corrected chi connectivity index (χ3v) is 6.34. The first-order valence-corrected chi connectivity index (χ1v) is 12.1. The van der Waals surface area contributed by atoms with Gasteiger partial charge in [-0.2, -0.15) is 0 Å². The molecule has 0 bridgehead atoms. The van der Waals surface area contributed by atoms with Gasteiger partial charge in [0.2, 0.25) is 5.91 Å². The Labute approximate surface area is 210 Å². The first kappa shape index (κ1) is 25.7. The van der Waals surface area contributed by atoms with Crippen LogP contribution in [0.5, 0.6) is 0 Å². The Kier molecular flexibility index (Phi) is 7.67. The Morgan fingerprint density at radius 2 is 1.92 bits per heavy atom. The molecule has 1 aromatic heterocycles. The van der Waals surface area contributed by atoms with E-state index in [1.165, 1.54) is 0 Å². The monoisotopic (exact) mass is 500 g/mol. The van der Waals surface area contributed by atoms with Crippen molar-refractivity contribution in [3.63, 3.8) is 0 Å². The molecule has 2 fully saturated rings. The highest BCUT2D eigenvalue weighted by molar-refractivity contribution is 5.80. The number of aromatic nitrogens is 1. The molecule has 1 aromatic carbocycles. The molecule has 2 aromatic rings. The van der Waals surface area contributed by atoms with Crippen LogP contribution >= 0.6 is 0 Å². The topological polar surface area (TPSA) is 190 Å². The summed E-state index contributed by atoms with van der Waals surface area (Å²) in [5, 5.41) is 12.0. The van der Waals surface area contributed by atoms with Crippen LogP contribution in [-0.4, -0.2) is 84.1 Å². The normalized spacial score (nSPS) is 24.4. The van der Waals surface area contributed by atoms with Crippen LogP contribution in [0.1, 0.15) is 26.0 Å². The summed E-state index contributed by atoms with van der Waals surface area (Å²) in [6.45, 7) is 5.08. The van der Waals surface area contributed by atoms with Gasteiger partial charge in [0.1, 0.15) is 18.3 Å². The van der Waals surface area contributed by atoms with Gasteiger partial charge in [-0.3, -0.25) is 15.2 Å². The minimum absolute atomic E-state index is 0.0272. The molecule has 12 nitrogen and oxygen atoms in total. The Morgan fingerprint density at radius 1 is 1.19 bits per heavy atom. The lowest BCUT2D eigenvalue weighted by Gasteiger charge is -2.28. The van der Waals surface area contributed by atoms with Crippen LogP contribution in [0.15, 0.2) is 35.3 Å². The number of nitrogens with two attached hydrogens (primary N) is 3. The number of amides is 1. The molecule has 196 valence electrons. The summed E-state index contributed by atoms with van der Waals surface area (Å²) in [6.07, 6.45) is -0.899. The van der Waals surface area contributed by atoms with E-state index in [4.69, 9.17) is 36.8 Å². The van der Waals surface area contributed by atoms with Crippen molar-refractivity contribution in [3.8, 4) is 0 Å². The van der Waals surface area contributed by atoms with Gasteiger partial charge in [-0.25, -0.2) is 0 Å². The molecule has 36 heavy (non-hydrogen) atoms. The lowest BCUT2D eigenvalue weighted by Crippen LogP contribution is -2.46. The molecule has 2 aliphatic heterocycles. The van der Waals surface area contributed by atoms with Crippen molar-refractivity contribution in [1.82, 2.24) is 15.2 Å². The molecule has 0 unspecified atom stereocenters. The molecule has 0 radical (unpaired) electrons. The SMILES string of the molecule is CC1(C)O[C@@H]2[C@H](O1)[C@H](CN(CCN=C(N)N)C(=N)N)O[C@@H]2CC(=O)NCCc1cc2ccccc2[nH]1. The number of hydrogen-bond acceptors (Lipinski definition) is 6. The maximum atomic E-state index is 12.8. The van der Waals surface area contributed by atoms with Crippen LogP contribution in [0.25, 0.3) is 10.9 Å². The van der Waals surface area contributed by atoms with E-state index in [-0.39, 0.29) is 37.3 Å². The zero-order valence-electron chi connectivity index (χ0n) is 20.7. The molecule has 4 atom stereocenters. The fourth-order valence-corrected chi connectivity index (χ4v) is 4.77. The standard InChI is InChI=1S/C24H36N8O4/c1-24(2)35-20-17(12-19(33)29-8-7-15-11-14-5-3-4-6-16(14)31-15)34-18(21(20)36-24)13-32(23(27)28)10-9-30-22(25)26/h3-6,11,17-18,20-21,31H,7-10,12-13H2,1-2H3,(H3,27,28)(H,29,33)(H4,25,26,30)/t17-,18+,20+,21-/m1/s1. The highest BCUT2D eigenvalue weighted by Gasteiger charge is 2.55.